The highest BCUT2D eigenvalue weighted by Crippen LogP contribution is 2.32. The Kier molecular flexibility index (Phi) is 3.40. The minimum Gasteiger partial charge on any atom is -0.450 e. The first-order valence-electron chi connectivity index (χ1n) is 8.00. The second-order valence-corrected chi connectivity index (χ2v) is 6.37. The summed E-state index contributed by atoms with van der Waals surface area (Å²) in [5.41, 5.74) is 2.48. The predicted molar refractivity (Wildman–Crippen MR) is 94.4 cm³/mol. The molecule has 0 bridgehead atoms. The third kappa shape index (κ3) is 2.28. The SMILES string of the molecule is Cc1cc2oc3c(c(=O)c2cc1C)C(c1cccc([N+](=O)[O-])c1)NC3=O. The molecule has 1 N–H and O–H groups in total. The van der Waals surface area contributed by atoms with Gasteiger partial charge in [-0.2, -0.15) is 0 Å². The number of nitro benzene ring substituents is 1. The molecule has 1 aromatic heterocycles. The van der Waals surface area contributed by atoms with Crippen molar-refractivity contribution in [2.24, 2.45) is 0 Å². The van der Waals surface area contributed by atoms with Gasteiger partial charge in [0.15, 0.2) is 5.43 Å². The number of nitrogens with zero attached hydrogens (tertiary/aromatic N) is 1. The fraction of sp³-hybridized carbons (Fsp3) is 0.158. The fourth-order valence-corrected chi connectivity index (χ4v) is 3.23. The average molecular weight is 350 g/mol. The van der Waals surface area contributed by atoms with Gasteiger partial charge in [0.25, 0.3) is 11.6 Å². The lowest BCUT2D eigenvalue weighted by Crippen LogP contribution is -2.22. The third-order valence-corrected chi connectivity index (χ3v) is 4.73. The number of nitrogens with one attached hydrogen (secondary N) is 1. The first-order chi connectivity index (χ1) is 12.4. The van der Waals surface area contributed by atoms with Gasteiger partial charge in [0.1, 0.15) is 5.58 Å². The molecular weight excluding hydrogens is 336 g/mol. The van der Waals surface area contributed by atoms with Crippen LogP contribution in [0.1, 0.15) is 38.9 Å². The number of aryl methyl sites for hydroxylation is 2. The molecule has 1 aliphatic heterocycles. The van der Waals surface area contributed by atoms with Crippen molar-refractivity contribution in [3.63, 3.8) is 0 Å². The lowest BCUT2D eigenvalue weighted by molar-refractivity contribution is -0.384. The van der Waals surface area contributed by atoms with E-state index in [4.69, 9.17) is 4.42 Å². The zero-order valence-corrected chi connectivity index (χ0v) is 14.0. The van der Waals surface area contributed by atoms with Crippen LogP contribution in [0.25, 0.3) is 11.0 Å². The minimum absolute atomic E-state index is 0.0396. The van der Waals surface area contributed by atoms with Gasteiger partial charge in [-0.05, 0) is 42.7 Å². The summed E-state index contributed by atoms with van der Waals surface area (Å²) in [6, 6.07) is 8.56. The van der Waals surface area contributed by atoms with Crippen LogP contribution in [-0.4, -0.2) is 10.8 Å². The Morgan fingerprint density at radius 1 is 1.12 bits per heavy atom. The molecule has 7 heteroatoms. The molecule has 0 spiro atoms. The van der Waals surface area contributed by atoms with Gasteiger partial charge >= 0.3 is 0 Å². The highest BCUT2D eigenvalue weighted by molar-refractivity contribution is 5.99. The molecule has 0 radical (unpaired) electrons. The average Bonchev–Trinajstić information content (AvgIpc) is 2.94. The largest absolute Gasteiger partial charge is 0.450 e. The summed E-state index contributed by atoms with van der Waals surface area (Å²) in [6.45, 7) is 3.79. The Morgan fingerprint density at radius 2 is 1.85 bits per heavy atom. The van der Waals surface area contributed by atoms with Gasteiger partial charge < -0.3 is 9.73 Å². The topological polar surface area (TPSA) is 102 Å². The fourth-order valence-electron chi connectivity index (χ4n) is 3.23. The van der Waals surface area contributed by atoms with E-state index >= 15 is 0 Å². The smallest absolute Gasteiger partial charge is 0.288 e. The van der Waals surface area contributed by atoms with E-state index < -0.39 is 16.9 Å². The highest BCUT2D eigenvalue weighted by atomic mass is 16.6. The summed E-state index contributed by atoms with van der Waals surface area (Å²) in [5, 5.41) is 14.1. The van der Waals surface area contributed by atoms with Crippen LogP contribution < -0.4 is 10.7 Å². The first kappa shape index (κ1) is 16.0. The van der Waals surface area contributed by atoms with Crippen LogP contribution in [0.15, 0.2) is 45.6 Å². The minimum atomic E-state index is -0.778. The van der Waals surface area contributed by atoms with Crippen molar-refractivity contribution in [2.45, 2.75) is 19.9 Å². The summed E-state index contributed by atoms with van der Waals surface area (Å²) in [7, 11) is 0. The molecule has 7 nitrogen and oxygen atoms in total. The van der Waals surface area contributed by atoms with Gasteiger partial charge in [0.2, 0.25) is 5.76 Å². The summed E-state index contributed by atoms with van der Waals surface area (Å²) in [6.07, 6.45) is 0. The Hall–Kier alpha value is -3.48. The van der Waals surface area contributed by atoms with Crippen LogP contribution in [0.4, 0.5) is 5.69 Å². The molecule has 130 valence electrons. The summed E-state index contributed by atoms with van der Waals surface area (Å²) in [5.74, 6) is -0.545. The van der Waals surface area contributed by atoms with E-state index in [1.54, 1.807) is 18.2 Å². The molecule has 2 heterocycles. The lowest BCUT2D eigenvalue weighted by atomic mass is 9.98. The number of benzene rings is 2. The normalized spacial score (nSPS) is 15.8. The third-order valence-electron chi connectivity index (χ3n) is 4.73. The standard InChI is InChI=1S/C19H14N2O5/c1-9-6-13-14(7-10(9)2)26-18-15(17(13)22)16(20-19(18)23)11-4-3-5-12(8-11)21(24)25/h3-8,16H,1-2H3,(H,20,23). The van der Waals surface area contributed by atoms with Crippen molar-refractivity contribution in [2.75, 3.05) is 0 Å². The van der Waals surface area contributed by atoms with E-state index in [9.17, 15) is 19.7 Å². The number of fused-ring (bicyclic) bond motifs is 2. The number of hydrogen-bond donors (Lipinski definition) is 1. The quantitative estimate of drug-likeness (QED) is 0.565. The molecule has 1 amide bonds. The molecule has 26 heavy (non-hydrogen) atoms. The van der Waals surface area contributed by atoms with E-state index in [0.29, 0.717) is 16.5 Å². The molecule has 0 saturated heterocycles. The monoisotopic (exact) mass is 350 g/mol. The van der Waals surface area contributed by atoms with Crippen LogP contribution >= 0.6 is 0 Å². The number of non-ortho nitro benzene ring substituents is 1. The van der Waals surface area contributed by atoms with Gasteiger partial charge in [-0.3, -0.25) is 19.7 Å². The van der Waals surface area contributed by atoms with Crippen LogP contribution in [0.2, 0.25) is 0 Å². The molecule has 0 fully saturated rings. The molecule has 1 aliphatic rings. The predicted octanol–water partition coefficient (Wildman–Crippen LogP) is 3.15. The van der Waals surface area contributed by atoms with Crippen molar-refractivity contribution < 1.29 is 14.1 Å². The number of amides is 1. The summed E-state index contributed by atoms with van der Waals surface area (Å²) >= 11 is 0. The van der Waals surface area contributed by atoms with Gasteiger partial charge in [0, 0.05) is 12.1 Å². The maximum Gasteiger partial charge on any atom is 0.288 e. The van der Waals surface area contributed by atoms with Crippen molar-refractivity contribution in [1.82, 2.24) is 5.32 Å². The van der Waals surface area contributed by atoms with Crippen molar-refractivity contribution >= 4 is 22.6 Å². The molecule has 0 aliphatic carbocycles. The Morgan fingerprint density at radius 3 is 2.58 bits per heavy atom. The summed E-state index contributed by atoms with van der Waals surface area (Å²) in [4.78, 5) is 35.9. The second kappa shape index (κ2) is 5.52. The van der Waals surface area contributed by atoms with Crippen LogP contribution in [0.3, 0.4) is 0 Å². The van der Waals surface area contributed by atoms with E-state index in [-0.39, 0.29) is 22.4 Å². The van der Waals surface area contributed by atoms with Gasteiger partial charge in [-0.15, -0.1) is 0 Å². The zero-order valence-electron chi connectivity index (χ0n) is 14.0. The zero-order chi connectivity index (χ0) is 18.6. The van der Waals surface area contributed by atoms with E-state index in [1.165, 1.54) is 18.2 Å². The van der Waals surface area contributed by atoms with Crippen LogP contribution in [0, 0.1) is 24.0 Å². The maximum absolute atomic E-state index is 13.0. The number of carbonyl (C=O) groups is 1. The number of carbonyl (C=O) groups excluding carboxylic acids is 1. The molecule has 1 unspecified atom stereocenters. The second-order valence-electron chi connectivity index (χ2n) is 6.37. The maximum atomic E-state index is 13.0. The van der Waals surface area contributed by atoms with E-state index in [0.717, 1.165) is 11.1 Å². The molecule has 4 rings (SSSR count). The lowest BCUT2D eigenvalue weighted by Gasteiger charge is -2.11. The van der Waals surface area contributed by atoms with Gasteiger partial charge in [0.05, 0.1) is 21.9 Å². The molecule has 1 atom stereocenters. The van der Waals surface area contributed by atoms with Gasteiger partial charge in [-0.1, -0.05) is 12.1 Å². The van der Waals surface area contributed by atoms with Crippen molar-refractivity contribution in [3.8, 4) is 0 Å². The van der Waals surface area contributed by atoms with E-state index in [1.807, 2.05) is 13.8 Å². The molecule has 3 aromatic rings. The number of nitro groups is 1. The van der Waals surface area contributed by atoms with E-state index in [2.05, 4.69) is 5.32 Å². The van der Waals surface area contributed by atoms with Crippen molar-refractivity contribution in [1.29, 1.82) is 0 Å². The highest BCUT2D eigenvalue weighted by Gasteiger charge is 2.36. The van der Waals surface area contributed by atoms with Crippen LogP contribution in [-0.2, 0) is 0 Å². The first-order valence-corrected chi connectivity index (χ1v) is 8.00. The van der Waals surface area contributed by atoms with Crippen molar-refractivity contribution in [3.05, 3.63) is 84.7 Å². The summed E-state index contributed by atoms with van der Waals surface area (Å²) < 4.78 is 5.72. The Labute approximate surface area is 147 Å². The Balaban J connectivity index is 1.97. The van der Waals surface area contributed by atoms with Gasteiger partial charge in [-0.25, -0.2) is 0 Å². The molecular formula is C19H14N2O5. The Bertz CT molecular complexity index is 1160. The number of rotatable bonds is 2. The molecule has 2 aromatic carbocycles. The molecule has 0 saturated carbocycles. The van der Waals surface area contributed by atoms with Crippen LogP contribution in [0.5, 0.6) is 0 Å². The number of hydrogen-bond acceptors (Lipinski definition) is 5.